The molecule has 182 valence electrons. The minimum absolute atomic E-state index is 0.0915. The lowest BCUT2D eigenvalue weighted by Crippen LogP contribution is -2.49. The number of aromatic amines is 1. The van der Waals surface area contributed by atoms with Crippen LogP contribution >= 0.6 is 15.9 Å². The fourth-order valence-electron chi connectivity index (χ4n) is 4.83. The Bertz CT molecular complexity index is 1140. The molecule has 3 heterocycles. The molecule has 2 aromatic rings. The largest absolute Gasteiger partial charge is 0.444 e. The number of ether oxygens (including phenoxy) is 1. The summed E-state index contributed by atoms with van der Waals surface area (Å²) in [5.41, 5.74) is 3.17. The van der Waals surface area contributed by atoms with E-state index in [2.05, 4.69) is 38.0 Å². The second-order valence-electron chi connectivity index (χ2n) is 10.6. The first-order valence-corrected chi connectivity index (χ1v) is 13.0. The summed E-state index contributed by atoms with van der Waals surface area (Å²) in [5, 5.41) is 0.986. The van der Waals surface area contributed by atoms with Crippen molar-refractivity contribution in [2.75, 3.05) is 39.3 Å². The third-order valence-corrected chi connectivity index (χ3v) is 7.37. The number of halogens is 1. The van der Waals surface area contributed by atoms with E-state index in [-0.39, 0.29) is 12.0 Å². The summed E-state index contributed by atoms with van der Waals surface area (Å²) in [6, 6.07) is 6.72. The fraction of sp³-hybridized carbons (Fsp3) is 0.538. The van der Waals surface area contributed by atoms with Gasteiger partial charge in [-0.05, 0) is 79.7 Å². The first kappa shape index (κ1) is 23.4. The normalized spacial score (nSPS) is 19.9. The molecule has 1 aliphatic carbocycles. The molecule has 1 aromatic carbocycles. The number of H-pyrrole nitrogens is 1. The van der Waals surface area contributed by atoms with E-state index in [1.807, 2.05) is 37.8 Å². The molecule has 1 saturated heterocycles. The van der Waals surface area contributed by atoms with Crippen molar-refractivity contribution in [2.45, 2.75) is 51.7 Å². The van der Waals surface area contributed by atoms with Crippen molar-refractivity contribution in [3.63, 3.8) is 0 Å². The topological polar surface area (TPSA) is 68.9 Å². The number of nitrogens with zero attached hydrogens (tertiary/aromatic N) is 3. The average molecular weight is 529 g/mol. The minimum atomic E-state index is -0.516. The van der Waals surface area contributed by atoms with E-state index >= 15 is 0 Å². The summed E-state index contributed by atoms with van der Waals surface area (Å²) in [7, 11) is 0. The summed E-state index contributed by atoms with van der Waals surface area (Å²) in [6.45, 7) is 10.3. The zero-order chi connectivity index (χ0) is 24.0. The van der Waals surface area contributed by atoms with Gasteiger partial charge in [0.15, 0.2) is 0 Å². The molecule has 0 unspecified atom stereocenters. The molecule has 1 aromatic heterocycles. The monoisotopic (exact) mass is 528 g/mol. The van der Waals surface area contributed by atoms with Crippen molar-refractivity contribution < 1.29 is 14.3 Å². The number of fused-ring (bicyclic) bond motifs is 1. The summed E-state index contributed by atoms with van der Waals surface area (Å²) in [4.78, 5) is 35.5. The smallest absolute Gasteiger partial charge is 0.410 e. The van der Waals surface area contributed by atoms with Crippen LogP contribution in [0.15, 0.2) is 28.7 Å². The van der Waals surface area contributed by atoms with Crippen LogP contribution in [-0.2, 0) is 4.74 Å². The van der Waals surface area contributed by atoms with Crippen molar-refractivity contribution >= 4 is 44.4 Å². The zero-order valence-corrected chi connectivity index (χ0v) is 21.8. The molecule has 3 aliphatic rings. The molecule has 0 spiro atoms. The average Bonchev–Trinajstić information content (AvgIpc) is 3.56. The maximum absolute atomic E-state index is 13.2. The highest BCUT2D eigenvalue weighted by Gasteiger charge is 2.32. The Morgan fingerprint density at radius 2 is 1.76 bits per heavy atom. The van der Waals surface area contributed by atoms with Crippen molar-refractivity contribution in [3.05, 3.63) is 40.0 Å². The van der Waals surface area contributed by atoms with Crippen LogP contribution in [0, 0.1) is 0 Å². The fourth-order valence-corrected chi connectivity index (χ4v) is 5.40. The number of piperazine rings is 1. The van der Waals surface area contributed by atoms with Gasteiger partial charge in [0.1, 0.15) is 5.60 Å². The lowest BCUT2D eigenvalue weighted by atomic mass is 10.1. The molecule has 0 bridgehead atoms. The van der Waals surface area contributed by atoms with E-state index in [4.69, 9.17) is 4.74 Å². The van der Waals surface area contributed by atoms with Crippen molar-refractivity contribution in [1.29, 1.82) is 0 Å². The second kappa shape index (κ2) is 9.04. The van der Waals surface area contributed by atoms with E-state index in [9.17, 15) is 9.59 Å². The van der Waals surface area contributed by atoms with Gasteiger partial charge < -0.3 is 19.5 Å². The molecule has 2 amide bonds. The summed E-state index contributed by atoms with van der Waals surface area (Å²) in [5.74, 6) is 0.0915. The van der Waals surface area contributed by atoms with E-state index in [0.717, 1.165) is 65.3 Å². The highest BCUT2D eigenvalue weighted by Crippen LogP contribution is 2.32. The molecule has 1 saturated carbocycles. The highest BCUT2D eigenvalue weighted by atomic mass is 79.9. The van der Waals surface area contributed by atoms with Gasteiger partial charge in [-0.25, -0.2) is 4.79 Å². The molecule has 0 atom stereocenters. The number of hydrogen-bond donors (Lipinski definition) is 1. The number of hydrogen-bond acceptors (Lipinski definition) is 4. The first-order valence-electron chi connectivity index (χ1n) is 12.2. The van der Waals surface area contributed by atoms with Gasteiger partial charge in [0.05, 0.1) is 12.1 Å². The van der Waals surface area contributed by atoms with E-state index in [0.29, 0.717) is 18.7 Å². The summed E-state index contributed by atoms with van der Waals surface area (Å²) < 4.78 is 6.43. The maximum Gasteiger partial charge on any atom is 0.410 e. The Morgan fingerprint density at radius 1 is 1.03 bits per heavy atom. The molecular formula is C26H33BrN4O3. The van der Waals surface area contributed by atoms with Gasteiger partial charge in [0, 0.05) is 59.9 Å². The van der Waals surface area contributed by atoms with Crippen LogP contribution in [-0.4, -0.2) is 82.6 Å². The Kier molecular flexibility index (Phi) is 6.23. The molecule has 2 fully saturated rings. The molecule has 5 rings (SSSR count). The Morgan fingerprint density at radius 3 is 2.44 bits per heavy atom. The number of carbonyl (C=O) groups excluding carboxylic acids is 2. The maximum atomic E-state index is 13.2. The van der Waals surface area contributed by atoms with Gasteiger partial charge in [0.2, 0.25) is 0 Å². The van der Waals surface area contributed by atoms with Gasteiger partial charge >= 0.3 is 6.09 Å². The Balaban J connectivity index is 1.32. The lowest BCUT2D eigenvalue weighted by Gasteiger charge is -2.34. The van der Waals surface area contributed by atoms with Crippen LogP contribution in [0.2, 0.25) is 0 Å². The van der Waals surface area contributed by atoms with Gasteiger partial charge in [-0.15, -0.1) is 0 Å². The molecular weight excluding hydrogens is 496 g/mol. The van der Waals surface area contributed by atoms with Crippen molar-refractivity contribution in [1.82, 2.24) is 19.7 Å². The van der Waals surface area contributed by atoms with Crippen LogP contribution in [0.5, 0.6) is 0 Å². The zero-order valence-electron chi connectivity index (χ0n) is 20.2. The second-order valence-corrected chi connectivity index (χ2v) is 11.4. The van der Waals surface area contributed by atoms with Gasteiger partial charge in [-0.3, -0.25) is 9.69 Å². The Labute approximate surface area is 209 Å². The quantitative estimate of drug-likeness (QED) is 0.616. The molecule has 0 radical (unpaired) electrons. The van der Waals surface area contributed by atoms with Crippen LogP contribution in [0.4, 0.5) is 4.79 Å². The third-order valence-electron chi connectivity index (χ3n) is 6.74. The molecule has 2 aliphatic heterocycles. The number of carbonyl (C=O) groups is 2. The number of nitrogens with one attached hydrogen (secondary N) is 1. The minimum Gasteiger partial charge on any atom is -0.444 e. The predicted octanol–water partition coefficient (Wildman–Crippen LogP) is 4.87. The standard InChI is InChI=1S/C26H33BrN4O3/c1-26(2,3)34-25(33)31-8-4-5-17(16-31)22-15-18-13-19(14-21(27)23(18)28-22)24(32)30-11-9-29(10-12-30)20-6-7-20/h5,13-15,20,28H,4,6-12,16H2,1-3H3. The third kappa shape index (κ3) is 5.03. The van der Waals surface area contributed by atoms with E-state index < -0.39 is 5.60 Å². The van der Waals surface area contributed by atoms with Crippen molar-refractivity contribution in [2.24, 2.45) is 0 Å². The SMILES string of the molecule is CC(C)(C)OC(=O)N1CCC=C(c2cc3cc(C(=O)N4CCN(C5CC5)CC4)cc(Br)c3[nH]2)C1. The molecule has 8 heteroatoms. The molecule has 1 N–H and O–H groups in total. The van der Waals surface area contributed by atoms with E-state index in [1.165, 1.54) is 12.8 Å². The summed E-state index contributed by atoms with van der Waals surface area (Å²) in [6.07, 6.45) is 5.27. The molecule has 7 nitrogen and oxygen atoms in total. The van der Waals surface area contributed by atoms with Crippen molar-refractivity contribution in [3.8, 4) is 0 Å². The Hall–Kier alpha value is -2.32. The number of aromatic nitrogens is 1. The number of rotatable bonds is 3. The van der Waals surface area contributed by atoms with E-state index in [1.54, 1.807) is 4.90 Å². The van der Waals surface area contributed by atoms with Crippen LogP contribution in [0.1, 0.15) is 56.1 Å². The van der Waals surface area contributed by atoms with Crippen LogP contribution in [0.3, 0.4) is 0 Å². The number of amides is 2. The molecule has 34 heavy (non-hydrogen) atoms. The predicted molar refractivity (Wildman–Crippen MR) is 137 cm³/mol. The van der Waals surface area contributed by atoms with Crippen LogP contribution < -0.4 is 0 Å². The van der Waals surface area contributed by atoms with Crippen LogP contribution in [0.25, 0.3) is 16.5 Å². The highest BCUT2D eigenvalue weighted by molar-refractivity contribution is 9.10. The first-order chi connectivity index (χ1) is 16.2. The van der Waals surface area contributed by atoms with Gasteiger partial charge in [-0.1, -0.05) is 6.08 Å². The van der Waals surface area contributed by atoms with Gasteiger partial charge in [0.25, 0.3) is 5.91 Å². The summed E-state index contributed by atoms with van der Waals surface area (Å²) >= 11 is 3.67. The van der Waals surface area contributed by atoms with Gasteiger partial charge in [-0.2, -0.15) is 0 Å². The lowest BCUT2D eigenvalue weighted by molar-refractivity contribution is 0.0273. The number of benzene rings is 1.